The number of Topliss-reactive ketones (excluding diaryl/α,β-unsaturated/α-hetero) is 1. The van der Waals surface area contributed by atoms with E-state index in [4.69, 9.17) is 4.74 Å². The molecule has 0 spiro atoms. The molecule has 0 aliphatic carbocycles. The molecule has 3 nitrogen and oxygen atoms in total. The third-order valence-electron chi connectivity index (χ3n) is 3.45. The van der Waals surface area contributed by atoms with Crippen molar-refractivity contribution in [3.8, 4) is 5.75 Å². The summed E-state index contributed by atoms with van der Waals surface area (Å²) in [4.78, 5) is 12.4. The van der Waals surface area contributed by atoms with Gasteiger partial charge in [-0.2, -0.15) is 0 Å². The molecule has 1 N–H and O–H groups in total. The maximum absolute atomic E-state index is 12.4. The van der Waals surface area contributed by atoms with Crippen LogP contribution in [0.1, 0.15) is 28.9 Å². The Morgan fingerprint density at radius 3 is 2.42 bits per heavy atom. The van der Waals surface area contributed by atoms with Gasteiger partial charge in [0.15, 0.2) is 11.7 Å². The summed E-state index contributed by atoms with van der Waals surface area (Å²) in [7, 11) is 0. The highest BCUT2D eigenvalue weighted by Gasteiger charge is 2.47. The second-order valence-electron chi connectivity index (χ2n) is 4.88. The minimum atomic E-state index is -1.56. The fourth-order valence-corrected chi connectivity index (χ4v) is 2.41. The number of hydrogen-bond donors (Lipinski definition) is 1. The van der Waals surface area contributed by atoms with Crippen molar-refractivity contribution >= 4 is 5.78 Å². The third-order valence-corrected chi connectivity index (χ3v) is 3.45. The van der Waals surface area contributed by atoms with Gasteiger partial charge in [-0.05, 0) is 24.6 Å². The largest absolute Gasteiger partial charge is 0.481 e. The second-order valence-corrected chi connectivity index (χ2v) is 4.88. The van der Waals surface area contributed by atoms with Crippen LogP contribution in [0.5, 0.6) is 5.75 Å². The molecule has 0 radical (unpaired) electrons. The molecule has 0 saturated heterocycles. The number of para-hydroxylation sites is 1. The maximum atomic E-state index is 12.4. The molecular formula is C16H14O3. The Kier molecular flexibility index (Phi) is 2.64. The van der Waals surface area contributed by atoms with Gasteiger partial charge in [0.2, 0.25) is 5.78 Å². The zero-order valence-corrected chi connectivity index (χ0v) is 10.5. The van der Waals surface area contributed by atoms with Crippen molar-refractivity contribution in [1.29, 1.82) is 0 Å². The summed E-state index contributed by atoms with van der Waals surface area (Å²) in [5.41, 5.74) is -0.342. The van der Waals surface area contributed by atoms with E-state index in [1.54, 1.807) is 18.2 Å². The highest BCUT2D eigenvalue weighted by molar-refractivity contribution is 6.05. The molecule has 3 rings (SSSR count). The van der Waals surface area contributed by atoms with Crippen LogP contribution in [0.25, 0.3) is 0 Å². The third kappa shape index (κ3) is 1.83. The topological polar surface area (TPSA) is 46.5 Å². The summed E-state index contributed by atoms with van der Waals surface area (Å²) in [5.74, 6) is 0.219. The quantitative estimate of drug-likeness (QED) is 0.851. The van der Waals surface area contributed by atoms with Gasteiger partial charge in [0.25, 0.3) is 0 Å². The van der Waals surface area contributed by atoms with Crippen molar-refractivity contribution in [3.63, 3.8) is 0 Å². The standard InChI is InChI=1S/C16H14O3/c1-16(18)14(17)12-9-5-6-10-13(12)19-15(16)11-7-3-2-4-8-11/h2-10,15,18H,1H3. The first-order valence-electron chi connectivity index (χ1n) is 6.18. The number of fused-ring (bicyclic) bond motifs is 1. The highest BCUT2D eigenvalue weighted by atomic mass is 16.5. The molecule has 0 bridgehead atoms. The van der Waals surface area contributed by atoms with Gasteiger partial charge < -0.3 is 9.84 Å². The van der Waals surface area contributed by atoms with Gasteiger partial charge in [0, 0.05) is 0 Å². The predicted octanol–water partition coefficient (Wildman–Crippen LogP) is 2.75. The van der Waals surface area contributed by atoms with Crippen molar-refractivity contribution < 1.29 is 14.6 Å². The first-order chi connectivity index (χ1) is 9.10. The van der Waals surface area contributed by atoms with Crippen LogP contribution in [0.4, 0.5) is 0 Å². The van der Waals surface area contributed by atoms with Crippen LogP contribution in [-0.2, 0) is 0 Å². The summed E-state index contributed by atoms with van der Waals surface area (Å²) in [6.07, 6.45) is -0.684. The smallest absolute Gasteiger partial charge is 0.201 e. The van der Waals surface area contributed by atoms with Crippen LogP contribution in [-0.4, -0.2) is 16.5 Å². The average molecular weight is 254 g/mol. The molecule has 1 heterocycles. The second kappa shape index (κ2) is 4.21. The van der Waals surface area contributed by atoms with Crippen molar-refractivity contribution in [2.45, 2.75) is 18.6 Å². The lowest BCUT2D eigenvalue weighted by atomic mass is 9.83. The molecule has 0 amide bonds. The van der Waals surface area contributed by atoms with E-state index in [-0.39, 0.29) is 5.78 Å². The van der Waals surface area contributed by atoms with E-state index in [1.165, 1.54) is 6.92 Å². The first kappa shape index (κ1) is 11.9. The molecular weight excluding hydrogens is 240 g/mol. The van der Waals surface area contributed by atoms with Gasteiger partial charge in [0.05, 0.1) is 5.56 Å². The Hall–Kier alpha value is -2.13. The molecule has 19 heavy (non-hydrogen) atoms. The Morgan fingerprint density at radius 1 is 1.05 bits per heavy atom. The van der Waals surface area contributed by atoms with E-state index in [9.17, 15) is 9.90 Å². The van der Waals surface area contributed by atoms with Crippen LogP contribution in [0, 0.1) is 0 Å². The number of hydrogen-bond acceptors (Lipinski definition) is 3. The number of rotatable bonds is 1. The molecule has 2 unspecified atom stereocenters. The predicted molar refractivity (Wildman–Crippen MR) is 71.2 cm³/mol. The van der Waals surface area contributed by atoms with Crippen molar-refractivity contribution in [2.24, 2.45) is 0 Å². The van der Waals surface area contributed by atoms with Crippen molar-refractivity contribution in [2.75, 3.05) is 0 Å². The van der Waals surface area contributed by atoms with E-state index < -0.39 is 11.7 Å². The summed E-state index contributed by atoms with van der Waals surface area (Å²) >= 11 is 0. The van der Waals surface area contributed by atoms with Gasteiger partial charge in [-0.15, -0.1) is 0 Å². The van der Waals surface area contributed by atoms with Crippen molar-refractivity contribution in [1.82, 2.24) is 0 Å². The summed E-state index contributed by atoms with van der Waals surface area (Å²) in [6.45, 7) is 1.50. The Balaban J connectivity index is 2.11. The first-order valence-corrected chi connectivity index (χ1v) is 6.18. The van der Waals surface area contributed by atoms with Gasteiger partial charge >= 0.3 is 0 Å². The molecule has 2 aromatic rings. The van der Waals surface area contributed by atoms with Crippen molar-refractivity contribution in [3.05, 3.63) is 65.7 Å². The minimum Gasteiger partial charge on any atom is -0.481 e. The normalized spacial score (nSPS) is 25.6. The summed E-state index contributed by atoms with van der Waals surface area (Å²) < 4.78 is 5.83. The molecule has 2 atom stereocenters. The Labute approximate surface area is 111 Å². The Morgan fingerprint density at radius 2 is 1.68 bits per heavy atom. The van der Waals surface area contributed by atoms with Crippen LogP contribution < -0.4 is 4.74 Å². The van der Waals surface area contributed by atoms with Gasteiger partial charge in [-0.25, -0.2) is 0 Å². The number of carbonyl (C=O) groups is 1. The zero-order valence-electron chi connectivity index (χ0n) is 10.5. The molecule has 96 valence electrons. The fraction of sp³-hybridized carbons (Fsp3) is 0.188. The molecule has 3 heteroatoms. The lowest BCUT2D eigenvalue weighted by molar-refractivity contribution is -0.0379. The van der Waals surface area contributed by atoms with E-state index in [0.717, 1.165) is 5.56 Å². The molecule has 0 saturated carbocycles. The van der Waals surface area contributed by atoms with Crippen LogP contribution >= 0.6 is 0 Å². The molecule has 1 aliphatic rings. The number of aliphatic hydroxyl groups is 1. The van der Waals surface area contributed by atoms with Crippen LogP contribution in [0.2, 0.25) is 0 Å². The number of carbonyl (C=O) groups excluding carboxylic acids is 1. The van der Waals surface area contributed by atoms with E-state index >= 15 is 0 Å². The summed E-state index contributed by atoms with van der Waals surface area (Å²) in [5, 5.41) is 10.5. The van der Waals surface area contributed by atoms with E-state index in [2.05, 4.69) is 0 Å². The number of ether oxygens (including phenoxy) is 1. The summed E-state index contributed by atoms with van der Waals surface area (Å²) in [6, 6.07) is 16.3. The number of ketones is 1. The highest BCUT2D eigenvalue weighted by Crippen LogP contribution is 2.40. The molecule has 1 aliphatic heterocycles. The fourth-order valence-electron chi connectivity index (χ4n) is 2.41. The average Bonchev–Trinajstić information content (AvgIpc) is 2.44. The van der Waals surface area contributed by atoms with E-state index in [1.807, 2.05) is 36.4 Å². The molecule has 0 aromatic heterocycles. The number of benzene rings is 2. The minimum absolute atomic E-state index is 0.303. The van der Waals surface area contributed by atoms with Crippen LogP contribution in [0.15, 0.2) is 54.6 Å². The van der Waals surface area contributed by atoms with E-state index in [0.29, 0.717) is 11.3 Å². The van der Waals surface area contributed by atoms with Gasteiger partial charge in [-0.3, -0.25) is 4.79 Å². The molecule has 0 fully saturated rings. The Bertz CT molecular complexity index is 617. The van der Waals surface area contributed by atoms with Gasteiger partial charge in [0.1, 0.15) is 5.75 Å². The zero-order chi connectivity index (χ0) is 13.5. The SMILES string of the molecule is CC1(O)C(=O)c2ccccc2OC1c1ccccc1. The molecule has 2 aromatic carbocycles. The monoisotopic (exact) mass is 254 g/mol. The van der Waals surface area contributed by atoms with Crippen LogP contribution in [0.3, 0.4) is 0 Å². The maximum Gasteiger partial charge on any atom is 0.201 e. The lowest BCUT2D eigenvalue weighted by Gasteiger charge is -2.37. The lowest BCUT2D eigenvalue weighted by Crippen LogP contribution is -2.47. The van der Waals surface area contributed by atoms with Gasteiger partial charge in [-0.1, -0.05) is 42.5 Å².